The molecule has 2 spiro atoms. The second-order valence-electron chi connectivity index (χ2n) is 13.4. The Morgan fingerprint density at radius 1 is 0.900 bits per heavy atom. The van der Waals surface area contributed by atoms with Gasteiger partial charge in [-0.15, -0.1) is 0 Å². The van der Waals surface area contributed by atoms with Crippen molar-refractivity contribution in [1.29, 1.82) is 0 Å². The first-order chi connectivity index (χ1) is 13.9. The van der Waals surface area contributed by atoms with Crippen molar-refractivity contribution < 1.29 is 15.0 Å². The molecule has 9 atom stereocenters. The molecule has 0 saturated heterocycles. The van der Waals surface area contributed by atoms with Crippen LogP contribution < -0.4 is 0 Å². The Bertz CT molecular complexity index is 744. The molecule has 30 heavy (non-hydrogen) atoms. The zero-order valence-corrected chi connectivity index (χ0v) is 20.0. The van der Waals surface area contributed by atoms with Crippen LogP contribution in [0.25, 0.3) is 0 Å². The highest BCUT2D eigenvalue weighted by atomic mass is 16.4. The van der Waals surface area contributed by atoms with E-state index in [1.54, 1.807) is 0 Å². The molecule has 3 heteroatoms. The van der Waals surface area contributed by atoms with Gasteiger partial charge in [0.1, 0.15) is 0 Å². The Morgan fingerprint density at radius 2 is 1.57 bits per heavy atom. The van der Waals surface area contributed by atoms with Crippen LogP contribution in [0.4, 0.5) is 0 Å². The van der Waals surface area contributed by atoms with Gasteiger partial charge in [-0.1, -0.05) is 34.6 Å². The number of carbonyl (C=O) groups is 1. The number of aliphatic carboxylic acids is 1. The number of carboxylic acids is 1. The summed E-state index contributed by atoms with van der Waals surface area (Å²) < 4.78 is 0. The molecule has 5 rings (SSSR count). The molecule has 0 aromatic rings. The van der Waals surface area contributed by atoms with Crippen molar-refractivity contribution in [2.45, 2.75) is 111 Å². The molecule has 0 bridgehead atoms. The third-order valence-corrected chi connectivity index (χ3v) is 12.7. The fourth-order valence-electron chi connectivity index (χ4n) is 10.9. The number of aliphatic hydroxyl groups excluding tert-OH is 1. The summed E-state index contributed by atoms with van der Waals surface area (Å²) in [4.78, 5) is 11.2. The first-order valence-electron chi connectivity index (χ1n) is 12.8. The van der Waals surface area contributed by atoms with Crippen LogP contribution in [-0.4, -0.2) is 22.3 Å². The third kappa shape index (κ3) is 2.34. The van der Waals surface area contributed by atoms with E-state index < -0.39 is 5.97 Å². The maximum Gasteiger partial charge on any atom is 0.303 e. The molecule has 2 N–H and O–H groups in total. The molecule has 5 aliphatic carbocycles. The van der Waals surface area contributed by atoms with Crippen molar-refractivity contribution in [1.82, 2.24) is 0 Å². The van der Waals surface area contributed by atoms with Crippen molar-refractivity contribution in [3.63, 3.8) is 0 Å². The van der Waals surface area contributed by atoms with E-state index in [-0.39, 0.29) is 11.5 Å². The highest BCUT2D eigenvalue weighted by Gasteiger charge is 2.82. The summed E-state index contributed by atoms with van der Waals surface area (Å²) in [6.45, 7) is 12.2. The van der Waals surface area contributed by atoms with Crippen LogP contribution in [0.2, 0.25) is 0 Å². The van der Waals surface area contributed by atoms with E-state index in [0.29, 0.717) is 45.8 Å². The summed E-state index contributed by atoms with van der Waals surface area (Å²) in [6.07, 6.45) is 12.7. The number of hydrogen-bond acceptors (Lipinski definition) is 2. The lowest BCUT2D eigenvalue weighted by Gasteiger charge is -2.63. The zero-order chi connectivity index (χ0) is 21.7. The van der Waals surface area contributed by atoms with Crippen molar-refractivity contribution >= 4 is 5.97 Å². The Balaban J connectivity index is 1.44. The molecule has 3 nitrogen and oxygen atoms in total. The van der Waals surface area contributed by atoms with Gasteiger partial charge in [-0.05, 0) is 115 Å². The standard InChI is InChI=1S/C27H44O3/c1-17(6-9-22(29)30)18-10-12-25(5)20-8-7-19-23(2,3)21(28)11-13-26(19)16-27(20,26)15-14-24(18,25)4/h17-21,28H,6-16H2,1-5H3,(H,29,30). The maximum atomic E-state index is 11.2. The minimum atomic E-state index is -0.643. The quantitative estimate of drug-likeness (QED) is 0.566. The second-order valence-corrected chi connectivity index (χ2v) is 13.4. The Morgan fingerprint density at radius 3 is 2.27 bits per heavy atom. The van der Waals surface area contributed by atoms with E-state index in [2.05, 4.69) is 34.6 Å². The summed E-state index contributed by atoms with van der Waals surface area (Å²) in [7, 11) is 0. The van der Waals surface area contributed by atoms with E-state index in [1.807, 2.05) is 0 Å². The van der Waals surface area contributed by atoms with Crippen molar-refractivity contribution in [3.05, 3.63) is 0 Å². The molecule has 5 fully saturated rings. The molecule has 170 valence electrons. The summed E-state index contributed by atoms with van der Waals surface area (Å²) in [6, 6.07) is 0. The maximum absolute atomic E-state index is 11.2. The van der Waals surface area contributed by atoms with E-state index in [1.165, 1.54) is 51.4 Å². The van der Waals surface area contributed by atoms with Crippen LogP contribution in [0.3, 0.4) is 0 Å². The fraction of sp³-hybridized carbons (Fsp3) is 0.963. The van der Waals surface area contributed by atoms with Gasteiger partial charge in [-0.3, -0.25) is 4.79 Å². The molecule has 0 aromatic heterocycles. The van der Waals surface area contributed by atoms with Crippen LogP contribution in [-0.2, 0) is 4.79 Å². The molecular weight excluding hydrogens is 372 g/mol. The van der Waals surface area contributed by atoms with Gasteiger partial charge in [0.05, 0.1) is 6.10 Å². The number of fused-ring (bicyclic) bond motifs is 2. The lowest BCUT2D eigenvalue weighted by Crippen LogP contribution is -2.57. The fourth-order valence-corrected chi connectivity index (χ4v) is 10.9. The molecule has 0 heterocycles. The lowest BCUT2D eigenvalue weighted by atomic mass is 9.41. The van der Waals surface area contributed by atoms with E-state index in [4.69, 9.17) is 0 Å². The van der Waals surface area contributed by atoms with Gasteiger partial charge >= 0.3 is 5.97 Å². The van der Waals surface area contributed by atoms with Gasteiger partial charge in [0.2, 0.25) is 0 Å². The minimum absolute atomic E-state index is 0.0674. The van der Waals surface area contributed by atoms with Crippen molar-refractivity contribution in [3.8, 4) is 0 Å². The van der Waals surface area contributed by atoms with Gasteiger partial charge < -0.3 is 10.2 Å². The highest BCUT2D eigenvalue weighted by molar-refractivity contribution is 5.66. The second kappa shape index (κ2) is 6.27. The monoisotopic (exact) mass is 416 g/mol. The van der Waals surface area contributed by atoms with Gasteiger partial charge in [-0.2, -0.15) is 0 Å². The average Bonchev–Trinajstić information content (AvgIpc) is 3.26. The summed E-state index contributed by atoms with van der Waals surface area (Å²) >= 11 is 0. The summed E-state index contributed by atoms with van der Waals surface area (Å²) in [5.74, 6) is 2.08. The van der Waals surface area contributed by atoms with Crippen LogP contribution in [0.1, 0.15) is 105 Å². The first kappa shape index (κ1) is 21.3. The Hall–Kier alpha value is -0.570. The smallest absolute Gasteiger partial charge is 0.303 e. The largest absolute Gasteiger partial charge is 0.481 e. The van der Waals surface area contributed by atoms with E-state index in [9.17, 15) is 15.0 Å². The topological polar surface area (TPSA) is 57.5 Å². The van der Waals surface area contributed by atoms with Gasteiger partial charge in [0.25, 0.3) is 0 Å². The Labute approximate surface area is 183 Å². The summed E-state index contributed by atoms with van der Waals surface area (Å²) in [5.41, 5.74) is 1.89. The van der Waals surface area contributed by atoms with E-state index >= 15 is 0 Å². The molecule has 0 aromatic carbocycles. The number of aliphatic hydroxyl groups is 1. The molecule has 0 amide bonds. The van der Waals surface area contributed by atoms with Gasteiger partial charge in [-0.25, -0.2) is 0 Å². The van der Waals surface area contributed by atoms with Crippen LogP contribution in [0.15, 0.2) is 0 Å². The average molecular weight is 417 g/mol. The van der Waals surface area contributed by atoms with Gasteiger partial charge in [0, 0.05) is 6.42 Å². The summed E-state index contributed by atoms with van der Waals surface area (Å²) in [5, 5.41) is 20.0. The molecule has 0 aliphatic heterocycles. The molecule has 5 saturated carbocycles. The van der Waals surface area contributed by atoms with E-state index in [0.717, 1.165) is 18.8 Å². The van der Waals surface area contributed by atoms with Crippen LogP contribution in [0, 0.1) is 50.7 Å². The number of rotatable bonds is 4. The lowest BCUT2D eigenvalue weighted by molar-refractivity contribution is -0.161. The third-order valence-electron chi connectivity index (χ3n) is 12.7. The zero-order valence-electron chi connectivity index (χ0n) is 20.0. The number of carboxylic acid groups (broad SMARTS) is 1. The SMILES string of the molecule is CC(CCC(=O)O)C1CCC2(C)C3CCC4C(C)(C)C(O)CCC45CC35CCC12C. The van der Waals surface area contributed by atoms with Crippen molar-refractivity contribution in [2.75, 3.05) is 0 Å². The molecule has 0 radical (unpaired) electrons. The van der Waals surface area contributed by atoms with Crippen LogP contribution in [0.5, 0.6) is 0 Å². The normalized spacial score (nSPS) is 54.3. The van der Waals surface area contributed by atoms with Crippen molar-refractivity contribution in [2.24, 2.45) is 50.7 Å². The Kier molecular flexibility index (Phi) is 4.45. The molecule has 5 aliphatic rings. The predicted octanol–water partition coefficient (Wildman–Crippen LogP) is 6.29. The minimum Gasteiger partial charge on any atom is -0.481 e. The molecular formula is C27H44O3. The first-order valence-corrected chi connectivity index (χ1v) is 12.8. The molecule has 9 unspecified atom stereocenters. The highest BCUT2D eigenvalue weighted by Crippen LogP contribution is 2.89. The van der Waals surface area contributed by atoms with Crippen LogP contribution >= 0.6 is 0 Å². The number of hydrogen-bond donors (Lipinski definition) is 2. The predicted molar refractivity (Wildman–Crippen MR) is 119 cm³/mol. The van der Waals surface area contributed by atoms with Gasteiger partial charge in [0.15, 0.2) is 0 Å².